The quantitative estimate of drug-likeness (QED) is 0.363. The van der Waals surface area contributed by atoms with E-state index in [2.05, 4.69) is 97.9 Å². The summed E-state index contributed by atoms with van der Waals surface area (Å²) in [5.74, 6) is 0.464. The third-order valence-electron chi connectivity index (χ3n) is 3.72. The largest absolute Gasteiger partial charge is 0.111 e. The van der Waals surface area contributed by atoms with Gasteiger partial charge in [0.2, 0.25) is 0 Å². The van der Waals surface area contributed by atoms with E-state index < -0.39 is 0 Å². The fraction of sp³-hybridized carbons (Fsp3) is 0.143. The van der Waals surface area contributed by atoms with Crippen LogP contribution in [0.3, 0.4) is 0 Å². The molecule has 2 heteroatoms. The topological polar surface area (TPSA) is 0 Å². The maximum absolute atomic E-state index is 2.33. The normalized spacial score (nSPS) is 12.3. The maximum atomic E-state index is 2.33. The summed E-state index contributed by atoms with van der Waals surface area (Å²) < 4.78 is 0.433. The Morgan fingerprint density at radius 2 is 0.957 bits per heavy atom. The van der Waals surface area contributed by atoms with Gasteiger partial charge in [-0.05, 0) is 29.8 Å². The molecule has 0 fully saturated rings. The second kappa shape index (κ2) is 8.28. The van der Waals surface area contributed by atoms with Crippen LogP contribution < -0.4 is 0 Å². The van der Waals surface area contributed by atoms with Crippen LogP contribution in [0.15, 0.2) is 101 Å². The lowest BCUT2D eigenvalue weighted by atomic mass is 10.0. The second-order valence-electron chi connectivity index (χ2n) is 5.43. The van der Waals surface area contributed by atoms with Gasteiger partial charge >= 0.3 is 0 Å². The summed E-state index contributed by atoms with van der Waals surface area (Å²) in [6.07, 6.45) is 0. The molecular formula is C21H20S2. The van der Waals surface area contributed by atoms with E-state index in [1.165, 1.54) is 15.4 Å². The van der Waals surface area contributed by atoms with Gasteiger partial charge in [-0.3, -0.25) is 0 Å². The van der Waals surface area contributed by atoms with Gasteiger partial charge in [0.25, 0.3) is 0 Å². The minimum Gasteiger partial charge on any atom is -0.111 e. The van der Waals surface area contributed by atoms with E-state index in [0.717, 1.165) is 0 Å². The van der Waals surface area contributed by atoms with E-state index in [9.17, 15) is 0 Å². The molecule has 1 atom stereocenters. The van der Waals surface area contributed by atoms with Gasteiger partial charge in [-0.2, -0.15) is 0 Å². The lowest BCUT2D eigenvalue weighted by Gasteiger charge is -2.23. The molecule has 0 aliphatic rings. The van der Waals surface area contributed by atoms with Crippen molar-refractivity contribution >= 4 is 23.5 Å². The molecule has 0 saturated heterocycles. The van der Waals surface area contributed by atoms with Crippen molar-refractivity contribution in [2.75, 3.05) is 0 Å². The molecule has 0 heterocycles. The smallest absolute Gasteiger partial charge is 0.0662 e. The van der Waals surface area contributed by atoms with Crippen LogP contribution in [-0.4, -0.2) is 4.58 Å². The summed E-state index contributed by atoms with van der Waals surface area (Å²) in [6, 6.07) is 32.2. The molecule has 116 valence electrons. The number of thioether (sulfide) groups is 2. The number of rotatable bonds is 6. The molecule has 0 aromatic heterocycles. The highest BCUT2D eigenvalue weighted by atomic mass is 32.2. The predicted molar refractivity (Wildman–Crippen MR) is 103 cm³/mol. The summed E-state index contributed by atoms with van der Waals surface area (Å²) in [5, 5.41) is 0. The van der Waals surface area contributed by atoms with Crippen molar-refractivity contribution in [3.8, 4) is 0 Å². The van der Waals surface area contributed by atoms with E-state index in [1.807, 2.05) is 23.5 Å². The number of benzene rings is 3. The van der Waals surface area contributed by atoms with Gasteiger partial charge in [-0.1, -0.05) is 73.7 Å². The van der Waals surface area contributed by atoms with Crippen LogP contribution in [-0.2, 0) is 0 Å². The zero-order valence-corrected chi connectivity index (χ0v) is 14.8. The molecule has 0 bridgehead atoms. The van der Waals surface area contributed by atoms with Crippen molar-refractivity contribution in [3.63, 3.8) is 0 Å². The summed E-state index contributed by atoms with van der Waals surface area (Å²) in [5.41, 5.74) is 1.39. The predicted octanol–water partition coefficient (Wildman–Crippen LogP) is 6.70. The van der Waals surface area contributed by atoms with Crippen LogP contribution in [0.25, 0.3) is 0 Å². The van der Waals surface area contributed by atoms with E-state index >= 15 is 0 Å². The third kappa shape index (κ3) is 4.66. The lowest BCUT2D eigenvalue weighted by molar-refractivity contribution is 0.846. The molecule has 0 N–H and O–H groups in total. The Morgan fingerprint density at radius 3 is 1.39 bits per heavy atom. The molecule has 3 aromatic carbocycles. The van der Waals surface area contributed by atoms with Crippen LogP contribution in [0.1, 0.15) is 18.4 Å². The summed E-state index contributed by atoms with van der Waals surface area (Å²) >= 11 is 3.90. The van der Waals surface area contributed by atoms with Gasteiger partial charge in [0.15, 0.2) is 0 Å². The van der Waals surface area contributed by atoms with Gasteiger partial charge in [0.1, 0.15) is 0 Å². The highest BCUT2D eigenvalue weighted by molar-refractivity contribution is 8.17. The Hall–Kier alpha value is -1.64. The molecule has 23 heavy (non-hydrogen) atoms. The van der Waals surface area contributed by atoms with Crippen LogP contribution in [0.4, 0.5) is 0 Å². The van der Waals surface area contributed by atoms with Gasteiger partial charge in [0, 0.05) is 15.7 Å². The van der Waals surface area contributed by atoms with Crippen molar-refractivity contribution < 1.29 is 0 Å². The first-order valence-electron chi connectivity index (χ1n) is 7.81. The minimum atomic E-state index is 0.433. The van der Waals surface area contributed by atoms with Gasteiger partial charge in [-0.15, -0.1) is 23.5 Å². The Labute approximate surface area is 147 Å². The van der Waals surface area contributed by atoms with E-state index in [1.54, 1.807) is 0 Å². The number of hydrogen-bond donors (Lipinski definition) is 0. The van der Waals surface area contributed by atoms with Crippen molar-refractivity contribution in [1.29, 1.82) is 0 Å². The van der Waals surface area contributed by atoms with Gasteiger partial charge < -0.3 is 0 Å². The van der Waals surface area contributed by atoms with Crippen molar-refractivity contribution in [3.05, 3.63) is 96.6 Å². The molecule has 0 aliphatic heterocycles. The molecular weight excluding hydrogens is 316 g/mol. The van der Waals surface area contributed by atoms with Crippen LogP contribution in [0.5, 0.6) is 0 Å². The van der Waals surface area contributed by atoms with Crippen LogP contribution >= 0.6 is 23.5 Å². The molecule has 1 unspecified atom stereocenters. The lowest BCUT2D eigenvalue weighted by Crippen LogP contribution is -2.08. The Kier molecular flexibility index (Phi) is 5.84. The first-order valence-corrected chi connectivity index (χ1v) is 9.57. The standard InChI is InChI=1S/C21H20S2/c1-17(18-11-5-2-6-12-18)21(22-19-13-7-3-8-14-19)23-20-15-9-4-10-16-20/h2-17,21H,1H3. The van der Waals surface area contributed by atoms with Gasteiger partial charge in [-0.25, -0.2) is 0 Å². The molecule has 3 aromatic rings. The molecule has 0 spiro atoms. The van der Waals surface area contributed by atoms with E-state index in [0.29, 0.717) is 10.5 Å². The molecule has 0 nitrogen and oxygen atoms in total. The van der Waals surface area contributed by atoms with Crippen LogP contribution in [0, 0.1) is 0 Å². The van der Waals surface area contributed by atoms with Gasteiger partial charge in [0.05, 0.1) is 4.58 Å². The molecule has 0 saturated carbocycles. The van der Waals surface area contributed by atoms with Crippen molar-refractivity contribution in [1.82, 2.24) is 0 Å². The highest BCUT2D eigenvalue weighted by Gasteiger charge is 2.21. The summed E-state index contributed by atoms with van der Waals surface area (Å²) in [7, 11) is 0. The molecule has 3 rings (SSSR count). The Balaban J connectivity index is 1.83. The zero-order chi connectivity index (χ0) is 15.9. The summed E-state index contributed by atoms with van der Waals surface area (Å²) in [6.45, 7) is 2.33. The fourth-order valence-corrected chi connectivity index (χ4v) is 5.15. The zero-order valence-electron chi connectivity index (χ0n) is 13.1. The average Bonchev–Trinajstić information content (AvgIpc) is 2.63. The third-order valence-corrected chi connectivity index (χ3v) is 6.67. The fourth-order valence-electron chi connectivity index (χ4n) is 2.41. The van der Waals surface area contributed by atoms with Crippen molar-refractivity contribution in [2.45, 2.75) is 27.2 Å². The van der Waals surface area contributed by atoms with Crippen LogP contribution in [0.2, 0.25) is 0 Å². The Morgan fingerprint density at radius 1 is 0.565 bits per heavy atom. The molecule has 0 aliphatic carbocycles. The SMILES string of the molecule is CC(c1ccccc1)C(Sc1ccccc1)Sc1ccccc1. The average molecular weight is 337 g/mol. The molecule has 0 radical (unpaired) electrons. The first-order chi connectivity index (χ1) is 11.3. The van der Waals surface area contributed by atoms with E-state index in [4.69, 9.17) is 0 Å². The number of hydrogen-bond acceptors (Lipinski definition) is 2. The Bertz CT molecular complexity index is 654. The first kappa shape index (κ1) is 16.2. The second-order valence-corrected chi connectivity index (χ2v) is 8.16. The van der Waals surface area contributed by atoms with E-state index in [-0.39, 0.29) is 0 Å². The monoisotopic (exact) mass is 336 g/mol. The summed E-state index contributed by atoms with van der Waals surface area (Å²) in [4.78, 5) is 2.65. The van der Waals surface area contributed by atoms with Crippen molar-refractivity contribution in [2.24, 2.45) is 0 Å². The minimum absolute atomic E-state index is 0.433. The highest BCUT2D eigenvalue weighted by Crippen LogP contribution is 2.43. The maximum Gasteiger partial charge on any atom is 0.0662 e. The molecule has 0 amide bonds.